The van der Waals surface area contributed by atoms with Crippen LogP contribution in [0.15, 0.2) is 23.2 Å². The van der Waals surface area contributed by atoms with E-state index in [-0.39, 0.29) is 36.1 Å². The summed E-state index contributed by atoms with van der Waals surface area (Å²) in [6, 6.07) is 3.44. The SMILES string of the molecule is CCNC(=NCc1cc(F)ccc1F)N1CCC(COCCOC)C1.I. The smallest absolute Gasteiger partial charge is 0.194 e. The zero-order valence-corrected chi connectivity index (χ0v) is 17.7. The first-order valence-electron chi connectivity index (χ1n) is 8.68. The van der Waals surface area contributed by atoms with Crippen molar-refractivity contribution in [2.75, 3.05) is 46.6 Å². The van der Waals surface area contributed by atoms with E-state index in [0.717, 1.165) is 44.1 Å². The highest BCUT2D eigenvalue weighted by Crippen LogP contribution is 2.17. The quantitative estimate of drug-likeness (QED) is 0.267. The molecule has 1 N–H and O–H groups in total. The largest absolute Gasteiger partial charge is 0.382 e. The summed E-state index contributed by atoms with van der Waals surface area (Å²) in [7, 11) is 1.65. The minimum absolute atomic E-state index is 0. The maximum Gasteiger partial charge on any atom is 0.194 e. The van der Waals surface area contributed by atoms with Crippen molar-refractivity contribution in [1.82, 2.24) is 10.2 Å². The molecule has 2 rings (SSSR count). The Morgan fingerprint density at radius 2 is 2.15 bits per heavy atom. The average molecular weight is 483 g/mol. The van der Waals surface area contributed by atoms with Gasteiger partial charge < -0.3 is 19.7 Å². The molecule has 5 nitrogen and oxygen atoms in total. The van der Waals surface area contributed by atoms with Gasteiger partial charge in [-0.3, -0.25) is 0 Å². The Hall–Kier alpha value is -1.00. The highest BCUT2D eigenvalue weighted by atomic mass is 127. The number of halogens is 3. The molecule has 0 aliphatic carbocycles. The Kier molecular flexibility index (Phi) is 11.0. The summed E-state index contributed by atoms with van der Waals surface area (Å²) in [5.41, 5.74) is 0.258. The lowest BCUT2D eigenvalue weighted by Crippen LogP contribution is -2.40. The van der Waals surface area contributed by atoms with E-state index in [0.29, 0.717) is 25.7 Å². The number of ether oxygens (including phenoxy) is 2. The van der Waals surface area contributed by atoms with Gasteiger partial charge in [0, 0.05) is 38.2 Å². The van der Waals surface area contributed by atoms with Crippen LogP contribution in [0.5, 0.6) is 0 Å². The minimum Gasteiger partial charge on any atom is -0.382 e. The Bertz CT molecular complexity index is 575. The number of aliphatic imine (C=N–C) groups is 1. The van der Waals surface area contributed by atoms with Crippen molar-refractivity contribution in [3.8, 4) is 0 Å². The van der Waals surface area contributed by atoms with Crippen LogP contribution < -0.4 is 5.32 Å². The summed E-state index contributed by atoms with van der Waals surface area (Å²) < 4.78 is 37.6. The van der Waals surface area contributed by atoms with Gasteiger partial charge in [0.1, 0.15) is 11.6 Å². The molecule has 1 saturated heterocycles. The number of guanidine groups is 1. The molecule has 0 bridgehead atoms. The fourth-order valence-electron chi connectivity index (χ4n) is 2.80. The number of nitrogens with one attached hydrogen (secondary N) is 1. The van der Waals surface area contributed by atoms with Gasteiger partial charge in [0.05, 0.1) is 26.4 Å². The second-order valence-corrected chi connectivity index (χ2v) is 6.07. The molecule has 0 radical (unpaired) electrons. The lowest BCUT2D eigenvalue weighted by molar-refractivity contribution is 0.0536. The number of hydrogen-bond acceptors (Lipinski definition) is 3. The van der Waals surface area contributed by atoms with Crippen LogP contribution in [0.25, 0.3) is 0 Å². The molecular weight excluding hydrogens is 455 g/mol. The molecule has 0 aromatic heterocycles. The minimum atomic E-state index is -0.453. The molecule has 8 heteroatoms. The van der Waals surface area contributed by atoms with Crippen LogP contribution in [0.2, 0.25) is 0 Å². The van der Waals surface area contributed by atoms with E-state index in [1.165, 1.54) is 6.07 Å². The maximum atomic E-state index is 13.8. The molecule has 0 amide bonds. The molecule has 1 aliphatic heterocycles. The molecule has 1 unspecified atom stereocenters. The van der Waals surface area contributed by atoms with Gasteiger partial charge in [-0.2, -0.15) is 0 Å². The van der Waals surface area contributed by atoms with E-state index in [2.05, 4.69) is 15.2 Å². The molecule has 1 fully saturated rings. The summed E-state index contributed by atoms with van der Waals surface area (Å²) in [6.45, 7) is 6.41. The van der Waals surface area contributed by atoms with Crippen LogP contribution in [0.4, 0.5) is 8.78 Å². The van der Waals surface area contributed by atoms with E-state index in [1.54, 1.807) is 7.11 Å². The summed E-state index contributed by atoms with van der Waals surface area (Å²) >= 11 is 0. The molecular formula is C18H28F2IN3O2. The first kappa shape index (κ1) is 23.0. The number of benzene rings is 1. The van der Waals surface area contributed by atoms with Gasteiger partial charge in [-0.05, 0) is 31.5 Å². The predicted molar refractivity (Wildman–Crippen MR) is 109 cm³/mol. The monoisotopic (exact) mass is 483 g/mol. The van der Waals surface area contributed by atoms with Gasteiger partial charge in [0.15, 0.2) is 5.96 Å². The van der Waals surface area contributed by atoms with Gasteiger partial charge in [-0.1, -0.05) is 0 Å². The third-order valence-electron chi connectivity index (χ3n) is 4.11. The number of methoxy groups -OCH3 is 1. The van der Waals surface area contributed by atoms with Crippen LogP contribution in [-0.4, -0.2) is 57.4 Å². The van der Waals surface area contributed by atoms with E-state index in [4.69, 9.17) is 9.47 Å². The van der Waals surface area contributed by atoms with Crippen LogP contribution in [-0.2, 0) is 16.0 Å². The Labute approximate surface area is 171 Å². The number of nitrogens with zero attached hydrogens (tertiary/aromatic N) is 2. The maximum absolute atomic E-state index is 13.8. The second-order valence-electron chi connectivity index (χ2n) is 6.07. The molecule has 1 heterocycles. The van der Waals surface area contributed by atoms with Crippen molar-refractivity contribution in [1.29, 1.82) is 0 Å². The van der Waals surface area contributed by atoms with Gasteiger partial charge in [0.2, 0.25) is 0 Å². The van der Waals surface area contributed by atoms with Gasteiger partial charge >= 0.3 is 0 Å². The lowest BCUT2D eigenvalue weighted by atomic mass is 10.1. The molecule has 0 spiro atoms. The summed E-state index contributed by atoms with van der Waals surface area (Å²) in [5, 5.41) is 3.22. The zero-order chi connectivity index (χ0) is 18.1. The van der Waals surface area contributed by atoms with E-state index >= 15 is 0 Å². The lowest BCUT2D eigenvalue weighted by Gasteiger charge is -2.21. The molecule has 148 valence electrons. The van der Waals surface area contributed by atoms with E-state index in [9.17, 15) is 8.78 Å². The molecule has 1 aliphatic rings. The fraction of sp³-hybridized carbons (Fsp3) is 0.611. The first-order valence-corrected chi connectivity index (χ1v) is 8.68. The van der Waals surface area contributed by atoms with Crippen LogP contribution in [0, 0.1) is 17.6 Å². The third-order valence-corrected chi connectivity index (χ3v) is 4.11. The predicted octanol–water partition coefficient (Wildman–Crippen LogP) is 3.03. The zero-order valence-electron chi connectivity index (χ0n) is 15.3. The van der Waals surface area contributed by atoms with Gasteiger partial charge in [-0.15, -0.1) is 24.0 Å². The van der Waals surface area contributed by atoms with Crippen molar-refractivity contribution >= 4 is 29.9 Å². The second kappa shape index (κ2) is 12.4. The molecule has 1 aromatic rings. The Morgan fingerprint density at radius 3 is 2.88 bits per heavy atom. The highest BCUT2D eigenvalue weighted by Gasteiger charge is 2.25. The van der Waals surface area contributed by atoms with Crippen molar-refractivity contribution in [2.45, 2.75) is 19.9 Å². The van der Waals surface area contributed by atoms with Gasteiger partial charge in [0.25, 0.3) is 0 Å². The van der Waals surface area contributed by atoms with Crippen molar-refractivity contribution in [3.05, 3.63) is 35.4 Å². The molecule has 1 atom stereocenters. The Morgan fingerprint density at radius 1 is 1.35 bits per heavy atom. The summed E-state index contributed by atoms with van der Waals surface area (Å²) in [5.74, 6) is 0.273. The molecule has 0 saturated carbocycles. The van der Waals surface area contributed by atoms with Crippen molar-refractivity contribution in [2.24, 2.45) is 10.9 Å². The topological polar surface area (TPSA) is 46.1 Å². The number of rotatable bonds is 8. The van der Waals surface area contributed by atoms with Crippen molar-refractivity contribution < 1.29 is 18.3 Å². The molecule has 26 heavy (non-hydrogen) atoms. The molecule has 1 aromatic carbocycles. The van der Waals surface area contributed by atoms with Crippen LogP contribution >= 0.6 is 24.0 Å². The third kappa shape index (κ3) is 7.32. The van der Waals surface area contributed by atoms with Crippen LogP contribution in [0.1, 0.15) is 18.9 Å². The van der Waals surface area contributed by atoms with Crippen molar-refractivity contribution in [3.63, 3.8) is 0 Å². The summed E-state index contributed by atoms with van der Waals surface area (Å²) in [6.07, 6.45) is 1.02. The number of hydrogen-bond donors (Lipinski definition) is 1. The fourth-order valence-corrected chi connectivity index (χ4v) is 2.80. The standard InChI is InChI=1S/C18H27F2N3O2.HI/c1-3-21-18(22-11-15-10-16(19)4-5-17(15)20)23-7-6-14(12-23)13-25-9-8-24-2;/h4-5,10,14H,3,6-9,11-13H2,1-2H3,(H,21,22);1H. The van der Waals surface area contributed by atoms with E-state index < -0.39 is 11.6 Å². The van der Waals surface area contributed by atoms with E-state index in [1.807, 2.05) is 6.92 Å². The normalized spacial score (nSPS) is 17.3. The number of likely N-dealkylation sites (tertiary alicyclic amines) is 1. The van der Waals surface area contributed by atoms with Crippen LogP contribution in [0.3, 0.4) is 0 Å². The average Bonchev–Trinajstić information content (AvgIpc) is 3.07. The van der Waals surface area contributed by atoms with Gasteiger partial charge in [-0.25, -0.2) is 13.8 Å². The highest BCUT2D eigenvalue weighted by molar-refractivity contribution is 14.0. The summed E-state index contributed by atoms with van der Waals surface area (Å²) in [4.78, 5) is 6.62. The first-order chi connectivity index (χ1) is 12.1. The Balaban J connectivity index is 0.00000338.